The maximum Gasteiger partial charge on any atom is 0.490 e. The number of carbonyl (C=O) groups excluding carboxylic acids is 3. The van der Waals surface area contributed by atoms with E-state index in [1.165, 1.54) is 31.4 Å². The van der Waals surface area contributed by atoms with Crippen LogP contribution in [0.5, 0.6) is 0 Å². The molecule has 0 radical (unpaired) electrons. The molecule has 18 heteroatoms. The molecule has 12 nitrogen and oxygen atoms in total. The Hall–Kier alpha value is -3.93. The van der Waals surface area contributed by atoms with E-state index in [-0.39, 0.29) is 35.5 Å². The molecule has 0 spiro atoms. The molecule has 316 valence electrons. The van der Waals surface area contributed by atoms with Crippen LogP contribution in [0.1, 0.15) is 91.0 Å². The van der Waals surface area contributed by atoms with E-state index in [9.17, 15) is 45.5 Å². The Morgan fingerprint density at radius 1 is 0.839 bits per heavy atom. The first-order chi connectivity index (χ1) is 25.9. The van der Waals surface area contributed by atoms with Crippen molar-refractivity contribution in [3.05, 3.63) is 35.6 Å². The fraction of sp³-hybridized carbons (Fsp3) is 0.711. The van der Waals surface area contributed by atoms with Gasteiger partial charge in [-0.1, -0.05) is 31.4 Å². The van der Waals surface area contributed by atoms with E-state index in [1.54, 1.807) is 12.1 Å². The van der Waals surface area contributed by atoms with Gasteiger partial charge in [0.25, 0.3) is 0 Å². The summed E-state index contributed by atoms with van der Waals surface area (Å²) in [5, 5.41) is 27.8. The number of amides is 3. The van der Waals surface area contributed by atoms with Gasteiger partial charge in [-0.2, -0.15) is 22.0 Å². The van der Waals surface area contributed by atoms with E-state index in [2.05, 4.69) is 21.3 Å². The molecule has 2 saturated heterocycles. The van der Waals surface area contributed by atoms with Gasteiger partial charge >= 0.3 is 24.0 Å². The third-order valence-electron chi connectivity index (χ3n) is 10.6. The number of carbonyl (C=O) groups is 5. The lowest BCUT2D eigenvalue weighted by atomic mass is 9.63. The van der Waals surface area contributed by atoms with Crippen molar-refractivity contribution in [2.75, 3.05) is 26.2 Å². The minimum atomic E-state index is -5.08. The lowest BCUT2D eigenvalue weighted by molar-refractivity contribution is -0.192. The lowest BCUT2D eigenvalue weighted by Gasteiger charge is -2.48. The smallest absolute Gasteiger partial charge is 0.477 e. The van der Waals surface area contributed by atoms with E-state index in [0.717, 1.165) is 37.8 Å². The van der Waals surface area contributed by atoms with Crippen molar-refractivity contribution in [2.24, 2.45) is 17.3 Å². The molecule has 4 aliphatic rings. The predicted octanol–water partition coefficient (Wildman–Crippen LogP) is 4.66. The Labute approximate surface area is 322 Å². The summed E-state index contributed by atoms with van der Waals surface area (Å²) in [7, 11) is 0. The van der Waals surface area contributed by atoms with E-state index >= 15 is 0 Å². The van der Waals surface area contributed by atoms with Gasteiger partial charge in [0, 0.05) is 51.1 Å². The first-order valence-electron chi connectivity index (χ1n) is 19.0. The van der Waals surface area contributed by atoms with Crippen LogP contribution < -0.4 is 21.3 Å². The largest absolute Gasteiger partial charge is 0.490 e. The summed E-state index contributed by atoms with van der Waals surface area (Å²) in [4.78, 5) is 61.2. The monoisotopic (exact) mass is 807 g/mol. The number of hydrogen-bond donors (Lipinski definition) is 6. The third-order valence-corrected chi connectivity index (χ3v) is 10.6. The standard InChI is InChI=1S/C33H50FN5O3.C3H4F2O2.C2HF3O2/c1-32(2,3)38-31(42)33(24-7-5-4-6-8-24)15-17-39(18-16-33)30(41)26(19-22-9-13-25(34)14-10-22)37-29(40)28-21-35-27(20-36-28)23-11-12-23;1-3(4,5)2(6)7;3-2(4,5)1(6)7/h9-10,13-14,23-24,26-28,35-36H,4-8,11-12,15-21H2,1-3H3,(H,37,40)(H,38,42);1H3,(H,6,7);(H,6,7)/t26-,27+,28+;;/m1../s1. The van der Waals surface area contributed by atoms with Crippen LogP contribution in [-0.2, 0) is 30.4 Å². The molecule has 5 rings (SSSR count). The van der Waals surface area contributed by atoms with Crippen LogP contribution in [0, 0.1) is 23.1 Å². The fourth-order valence-electron chi connectivity index (χ4n) is 7.32. The minimum absolute atomic E-state index is 0.116. The van der Waals surface area contributed by atoms with E-state index in [0.29, 0.717) is 57.3 Å². The molecule has 6 N–H and O–H groups in total. The molecule has 0 bridgehead atoms. The SMILES string of the molecule is CC(C)(C)NC(=O)C1(C2CCCCC2)CCN(C(=O)[C@@H](Cc2ccc(F)cc2)NC(=O)[C@@H]2CN[C@H](C3CC3)CN2)CC1.CC(F)(F)C(=O)O.O=C(O)C(F)(F)F. The second-order valence-electron chi connectivity index (χ2n) is 16.2. The number of rotatable bonds is 9. The first kappa shape index (κ1) is 46.5. The van der Waals surface area contributed by atoms with Crippen molar-refractivity contribution in [3.63, 3.8) is 0 Å². The van der Waals surface area contributed by atoms with Gasteiger partial charge in [0.15, 0.2) is 0 Å². The highest BCUT2D eigenvalue weighted by molar-refractivity contribution is 5.91. The van der Waals surface area contributed by atoms with Crippen LogP contribution in [0.3, 0.4) is 0 Å². The second-order valence-corrected chi connectivity index (χ2v) is 16.2. The fourth-order valence-corrected chi connectivity index (χ4v) is 7.32. The highest BCUT2D eigenvalue weighted by Gasteiger charge is 2.49. The van der Waals surface area contributed by atoms with E-state index < -0.39 is 41.5 Å². The number of aliphatic carboxylic acids is 2. The summed E-state index contributed by atoms with van der Waals surface area (Å²) in [6.45, 7) is 8.61. The van der Waals surface area contributed by atoms with Gasteiger partial charge in [0.1, 0.15) is 11.9 Å². The maximum absolute atomic E-state index is 14.0. The summed E-state index contributed by atoms with van der Waals surface area (Å²) in [6.07, 6.45) is 4.54. The number of alkyl halides is 5. The number of piperazine rings is 1. The molecule has 3 atom stereocenters. The average molecular weight is 808 g/mol. The van der Waals surface area contributed by atoms with Gasteiger partial charge in [0.2, 0.25) is 17.7 Å². The van der Waals surface area contributed by atoms with Crippen LogP contribution >= 0.6 is 0 Å². The van der Waals surface area contributed by atoms with Crippen molar-refractivity contribution in [2.45, 2.75) is 128 Å². The third kappa shape index (κ3) is 14.2. The van der Waals surface area contributed by atoms with Crippen molar-refractivity contribution >= 4 is 29.7 Å². The molecule has 0 unspecified atom stereocenters. The second kappa shape index (κ2) is 19.5. The number of halogens is 6. The highest BCUT2D eigenvalue weighted by Crippen LogP contribution is 2.46. The molecule has 2 saturated carbocycles. The molecule has 1 aromatic rings. The van der Waals surface area contributed by atoms with Crippen LogP contribution in [0.25, 0.3) is 0 Å². The van der Waals surface area contributed by atoms with Gasteiger partial charge in [-0.25, -0.2) is 14.0 Å². The normalized spacial score (nSPS) is 22.2. The maximum atomic E-state index is 14.0. The Balaban J connectivity index is 0.000000512. The van der Waals surface area contributed by atoms with Gasteiger partial charge in [-0.15, -0.1) is 0 Å². The summed E-state index contributed by atoms with van der Waals surface area (Å²) >= 11 is 0. The topological polar surface area (TPSA) is 177 Å². The zero-order valence-corrected chi connectivity index (χ0v) is 32.2. The average Bonchev–Trinajstić information content (AvgIpc) is 3.97. The van der Waals surface area contributed by atoms with Crippen molar-refractivity contribution in [1.82, 2.24) is 26.2 Å². The van der Waals surface area contributed by atoms with Crippen LogP contribution in [0.4, 0.5) is 26.3 Å². The van der Waals surface area contributed by atoms with Gasteiger partial charge in [0.05, 0.1) is 11.5 Å². The number of nitrogens with zero attached hydrogens (tertiary/aromatic N) is 1. The molecular weight excluding hydrogens is 752 g/mol. The number of likely N-dealkylation sites (tertiary alicyclic amines) is 1. The number of carboxylic acids is 2. The zero-order valence-electron chi connectivity index (χ0n) is 32.2. The Bertz CT molecular complexity index is 1470. The lowest BCUT2D eigenvalue weighted by Crippen LogP contribution is -2.63. The van der Waals surface area contributed by atoms with E-state index in [4.69, 9.17) is 15.0 Å². The predicted molar refractivity (Wildman–Crippen MR) is 193 cm³/mol. The summed E-state index contributed by atoms with van der Waals surface area (Å²) in [5.41, 5.74) is -0.0101. The van der Waals surface area contributed by atoms with Crippen molar-refractivity contribution < 1.29 is 60.5 Å². The quantitative estimate of drug-likeness (QED) is 0.194. The number of hydrogen-bond acceptors (Lipinski definition) is 7. The Kier molecular flexibility index (Phi) is 16.2. The van der Waals surface area contributed by atoms with Gasteiger partial charge in [-0.3, -0.25) is 14.4 Å². The molecule has 2 heterocycles. The number of nitrogens with one attached hydrogen (secondary N) is 4. The van der Waals surface area contributed by atoms with Crippen LogP contribution in [0.2, 0.25) is 0 Å². The molecule has 0 aromatic heterocycles. The van der Waals surface area contributed by atoms with Crippen molar-refractivity contribution in [1.29, 1.82) is 0 Å². The molecule has 2 aliphatic carbocycles. The molecule has 1 aromatic carbocycles. The van der Waals surface area contributed by atoms with E-state index in [1.807, 2.05) is 25.7 Å². The molecule has 3 amide bonds. The summed E-state index contributed by atoms with van der Waals surface area (Å²) < 4.78 is 67.8. The summed E-state index contributed by atoms with van der Waals surface area (Å²) in [6, 6.07) is 5.33. The summed E-state index contributed by atoms with van der Waals surface area (Å²) in [5.74, 6) is -7.97. The zero-order chi connectivity index (χ0) is 42.1. The van der Waals surface area contributed by atoms with Crippen LogP contribution in [0.15, 0.2) is 24.3 Å². The number of carboxylic acid groups (broad SMARTS) is 2. The van der Waals surface area contributed by atoms with Crippen molar-refractivity contribution in [3.8, 4) is 0 Å². The Morgan fingerprint density at radius 3 is 1.80 bits per heavy atom. The molecule has 56 heavy (non-hydrogen) atoms. The molecule has 2 aliphatic heterocycles. The van der Waals surface area contributed by atoms with Gasteiger partial charge in [-0.05, 0) is 88.8 Å². The number of benzene rings is 1. The highest BCUT2D eigenvalue weighted by atomic mass is 19.4. The molecular formula is C38H55F6N5O7. The Morgan fingerprint density at radius 2 is 1.38 bits per heavy atom. The van der Waals surface area contributed by atoms with Crippen LogP contribution in [-0.4, -0.2) is 107 Å². The van der Waals surface area contributed by atoms with Gasteiger partial charge < -0.3 is 36.4 Å². The minimum Gasteiger partial charge on any atom is -0.477 e. The number of piperidine rings is 1. The first-order valence-corrected chi connectivity index (χ1v) is 19.0. The molecule has 4 fully saturated rings.